The summed E-state index contributed by atoms with van der Waals surface area (Å²) < 4.78 is 4.71. The van der Waals surface area contributed by atoms with Crippen LogP contribution in [0, 0.1) is 6.92 Å². The number of methoxy groups -OCH3 is 1. The van der Waals surface area contributed by atoms with Gasteiger partial charge in [-0.05, 0) is 85.8 Å². The van der Waals surface area contributed by atoms with Crippen molar-refractivity contribution in [3.05, 3.63) is 77.6 Å². The van der Waals surface area contributed by atoms with Crippen LogP contribution in [-0.4, -0.2) is 41.2 Å². The molecular formula is C25H28N4O2S. The van der Waals surface area contributed by atoms with E-state index >= 15 is 0 Å². The van der Waals surface area contributed by atoms with Crippen molar-refractivity contribution in [2.75, 3.05) is 25.5 Å². The number of amides is 1. The van der Waals surface area contributed by atoms with Crippen LogP contribution in [0.3, 0.4) is 0 Å². The molecule has 7 heteroatoms. The molecule has 0 spiro atoms. The van der Waals surface area contributed by atoms with Crippen molar-refractivity contribution in [2.45, 2.75) is 42.3 Å². The third kappa shape index (κ3) is 5.87. The molecule has 0 saturated carbocycles. The van der Waals surface area contributed by atoms with Crippen LogP contribution in [0.25, 0.3) is 0 Å². The van der Waals surface area contributed by atoms with E-state index in [1.165, 1.54) is 23.8 Å². The quantitative estimate of drug-likeness (QED) is 0.537. The van der Waals surface area contributed by atoms with E-state index in [9.17, 15) is 4.79 Å². The second-order valence-electron chi connectivity index (χ2n) is 8.01. The Morgan fingerprint density at radius 3 is 2.62 bits per heavy atom. The zero-order chi connectivity index (χ0) is 22.3. The van der Waals surface area contributed by atoms with Crippen molar-refractivity contribution in [3.8, 4) is 0 Å². The van der Waals surface area contributed by atoms with Gasteiger partial charge in [-0.15, -0.1) is 0 Å². The Labute approximate surface area is 193 Å². The molecule has 0 unspecified atom stereocenters. The number of ether oxygens (including phenoxy) is 1. The molecule has 0 atom stereocenters. The highest BCUT2D eigenvalue weighted by Crippen LogP contribution is 2.32. The number of carbonyl (C=O) groups excluding carboxylic acids is 1. The molecule has 3 heterocycles. The minimum Gasteiger partial charge on any atom is -0.453 e. The predicted molar refractivity (Wildman–Crippen MR) is 127 cm³/mol. The molecule has 1 aliphatic heterocycles. The fraction of sp³-hybridized carbons (Fsp3) is 0.320. The normalized spacial score (nSPS) is 14.8. The van der Waals surface area contributed by atoms with Gasteiger partial charge in [0.05, 0.1) is 7.11 Å². The SMILES string of the molecule is COC(=O)Nc1ccc(C)c(C2CCN(Cc3ccc(Sc4ccccn4)nc3)CC2)c1. The second kappa shape index (κ2) is 10.6. The summed E-state index contributed by atoms with van der Waals surface area (Å²) in [5.74, 6) is 0.501. The number of carbonyl (C=O) groups is 1. The molecular weight excluding hydrogens is 420 g/mol. The van der Waals surface area contributed by atoms with Crippen molar-refractivity contribution >= 4 is 23.5 Å². The molecule has 166 valence electrons. The molecule has 1 aliphatic rings. The van der Waals surface area contributed by atoms with Gasteiger partial charge in [0.15, 0.2) is 0 Å². The van der Waals surface area contributed by atoms with E-state index in [0.717, 1.165) is 48.2 Å². The van der Waals surface area contributed by atoms with E-state index in [1.807, 2.05) is 30.5 Å². The number of anilines is 1. The maximum atomic E-state index is 11.5. The number of benzene rings is 1. The first kappa shape index (κ1) is 22.3. The molecule has 1 amide bonds. The van der Waals surface area contributed by atoms with Gasteiger partial charge in [-0.1, -0.05) is 30.0 Å². The Morgan fingerprint density at radius 2 is 1.94 bits per heavy atom. The summed E-state index contributed by atoms with van der Waals surface area (Å²) in [5.41, 5.74) is 4.60. The van der Waals surface area contributed by atoms with Crippen LogP contribution in [-0.2, 0) is 11.3 Å². The number of hydrogen-bond acceptors (Lipinski definition) is 6. The van der Waals surface area contributed by atoms with E-state index < -0.39 is 6.09 Å². The third-order valence-electron chi connectivity index (χ3n) is 5.79. The smallest absolute Gasteiger partial charge is 0.411 e. The Morgan fingerprint density at radius 1 is 1.12 bits per heavy atom. The summed E-state index contributed by atoms with van der Waals surface area (Å²) in [5, 5.41) is 4.69. The monoisotopic (exact) mass is 448 g/mol. The zero-order valence-corrected chi connectivity index (χ0v) is 19.3. The third-order valence-corrected chi connectivity index (χ3v) is 6.69. The summed E-state index contributed by atoms with van der Waals surface area (Å²) in [6.07, 6.45) is 5.54. The Hall–Kier alpha value is -2.90. The minimum atomic E-state index is -0.437. The number of pyridine rings is 2. The number of piperidine rings is 1. The first-order chi connectivity index (χ1) is 15.6. The number of hydrogen-bond donors (Lipinski definition) is 1. The van der Waals surface area contributed by atoms with E-state index in [0.29, 0.717) is 5.92 Å². The molecule has 32 heavy (non-hydrogen) atoms. The van der Waals surface area contributed by atoms with Gasteiger partial charge < -0.3 is 4.74 Å². The number of nitrogens with one attached hydrogen (secondary N) is 1. The molecule has 0 radical (unpaired) electrons. The molecule has 1 N–H and O–H groups in total. The van der Waals surface area contributed by atoms with Crippen molar-refractivity contribution in [1.82, 2.24) is 14.9 Å². The summed E-state index contributed by atoms with van der Waals surface area (Å²) in [4.78, 5) is 23.0. The fourth-order valence-electron chi connectivity index (χ4n) is 4.07. The van der Waals surface area contributed by atoms with Crippen molar-refractivity contribution in [3.63, 3.8) is 0 Å². The minimum absolute atomic E-state index is 0.437. The number of aryl methyl sites for hydroxylation is 1. The fourth-order valence-corrected chi connectivity index (χ4v) is 4.78. The second-order valence-corrected chi connectivity index (χ2v) is 9.05. The lowest BCUT2D eigenvalue weighted by atomic mass is 9.86. The molecule has 2 aromatic heterocycles. The van der Waals surface area contributed by atoms with Crippen LogP contribution in [0.4, 0.5) is 10.5 Å². The largest absolute Gasteiger partial charge is 0.453 e. The van der Waals surface area contributed by atoms with Gasteiger partial charge in [0.1, 0.15) is 10.1 Å². The molecule has 0 bridgehead atoms. The molecule has 1 fully saturated rings. The van der Waals surface area contributed by atoms with Crippen molar-refractivity contribution in [2.24, 2.45) is 0 Å². The lowest BCUT2D eigenvalue weighted by molar-refractivity contribution is 0.187. The molecule has 6 nitrogen and oxygen atoms in total. The lowest BCUT2D eigenvalue weighted by Gasteiger charge is -2.33. The van der Waals surface area contributed by atoms with Crippen LogP contribution >= 0.6 is 11.8 Å². The Kier molecular flexibility index (Phi) is 7.39. The number of rotatable bonds is 6. The van der Waals surface area contributed by atoms with Gasteiger partial charge in [-0.25, -0.2) is 14.8 Å². The molecule has 3 aromatic rings. The zero-order valence-electron chi connectivity index (χ0n) is 18.5. The summed E-state index contributed by atoms with van der Waals surface area (Å²) >= 11 is 1.58. The molecule has 1 aromatic carbocycles. The molecule has 4 rings (SSSR count). The Balaban J connectivity index is 1.31. The summed E-state index contributed by atoms with van der Waals surface area (Å²) in [6, 6.07) is 16.2. The van der Waals surface area contributed by atoms with Crippen LogP contribution in [0.1, 0.15) is 35.4 Å². The summed E-state index contributed by atoms with van der Waals surface area (Å²) in [6.45, 7) is 5.14. The topological polar surface area (TPSA) is 67.3 Å². The standard InChI is InChI=1S/C25H28N4O2S/c1-18-6-8-21(28-25(30)31-2)15-22(18)20-10-13-29(14-11-20)17-19-7-9-24(27-16-19)32-23-5-3-4-12-26-23/h3-9,12,15-16,20H,10-11,13-14,17H2,1-2H3,(H,28,30). The van der Waals surface area contributed by atoms with Gasteiger partial charge in [0.25, 0.3) is 0 Å². The van der Waals surface area contributed by atoms with Gasteiger partial charge in [-0.3, -0.25) is 10.2 Å². The molecule has 1 saturated heterocycles. The average molecular weight is 449 g/mol. The summed E-state index contributed by atoms with van der Waals surface area (Å²) in [7, 11) is 1.38. The van der Waals surface area contributed by atoms with E-state index in [4.69, 9.17) is 4.74 Å². The predicted octanol–water partition coefficient (Wildman–Crippen LogP) is 5.49. The van der Waals surface area contributed by atoms with E-state index in [-0.39, 0.29) is 0 Å². The van der Waals surface area contributed by atoms with Gasteiger partial charge in [0, 0.05) is 24.6 Å². The van der Waals surface area contributed by atoms with Crippen LogP contribution in [0.15, 0.2) is 71.0 Å². The van der Waals surface area contributed by atoms with Crippen LogP contribution in [0.5, 0.6) is 0 Å². The number of aromatic nitrogens is 2. The highest BCUT2D eigenvalue weighted by atomic mass is 32.2. The number of likely N-dealkylation sites (tertiary alicyclic amines) is 1. The van der Waals surface area contributed by atoms with E-state index in [1.54, 1.807) is 18.0 Å². The van der Waals surface area contributed by atoms with Crippen molar-refractivity contribution < 1.29 is 9.53 Å². The lowest BCUT2D eigenvalue weighted by Crippen LogP contribution is -2.32. The van der Waals surface area contributed by atoms with Crippen molar-refractivity contribution in [1.29, 1.82) is 0 Å². The first-order valence-electron chi connectivity index (χ1n) is 10.8. The maximum Gasteiger partial charge on any atom is 0.411 e. The Bertz CT molecular complexity index is 1040. The maximum absolute atomic E-state index is 11.5. The highest BCUT2D eigenvalue weighted by molar-refractivity contribution is 7.99. The van der Waals surface area contributed by atoms with E-state index in [2.05, 4.69) is 51.4 Å². The highest BCUT2D eigenvalue weighted by Gasteiger charge is 2.22. The van der Waals surface area contributed by atoms with Crippen LogP contribution in [0.2, 0.25) is 0 Å². The average Bonchev–Trinajstić information content (AvgIpc) is 2.83. The molecule has 0 aliphatic carbocycles. The van der Waals surface area contributed by atoms with Gasteiger partial charge >= 0.3 is 6.09 Å². The van der Waals surface area contributed by atoms with Crippen LogP contribution < -0.4 is 5.32 Å². The van der Waals surface area contributed by atoms with Gasteiger partial charge in [0.2, 0.25) is 0 Å². The number of nitrogens with zero attached hydrogens (tertiary/aromatic N) is 3. The van der Waals surface area contributed by atoms with Gasteiger partial charge in [-0.2, -0.15) is 0 Å². The first-order valence-corrected chi connectivity index (χ1v) is 11.6.